The van der Waals surface area contributed by atoms with Crippen molar-refractivity contribution in [3.63, 3.8) is 0 Å². The number of ether oxygens (including phenoxy) is 2. The summed E-state index contributed by atoms with van der Waals surface area (Å²) in [6, 6.07) is 6.01. The molecule has 0 radical (unpaired) electrons. The Balaban J connectivity index is 2.51. The van der Waals surface area contributed by atoms with E-state index in [1.54, 1.807) is 14.2 Å². The van der Waals surface area contributed by atoms with Crippen molar-refractivity contribution in [2.45, 2.75) is 20.4 Å². The standard InChI is InChI=1S/C16H28N2O2/c1-13(2)11-17-9-10-18(3)12-14-7-6-8-15(19-4)16(14)20-5/h6-8,13,17H,9-12H2,1-5H3. The molecule has 1 aromatic carbocycles. The lowest BCUT2D eigenvalue weighted by atomic mass is 10.1. The van der Waals surface area contributed by atoms with Gasteiger partial charge < -0.3 is 19.7 Å². The van der Waals surface area contributed by atoms with Crippen molar-refractivity contribution in [1.82, 2.24) is 10.2 Å². The van der Waals surface area contributed by atoms with Crippen LogP contribution in [0.25, 0.3) is 0 Å². The van der Waals surface area contributed by atoms with Crippen molar-refractivity contribution in [1.29, 1.82) is 0 Å². The van der Waals surface area contributed by atoms with Crippen molar-refractivity contribution in [3.05, 3.63) is 23.8 Å². The molecule has 0 heterocycles. The molecule has 0 atom stereocenters. The second-order valence-electron chi connectivity index (χ2n) is 5.49. The van der Waals surface area contributed by atoms with Gasteiger partial charge in [-0.05, 0) is 25.6 Å². The highest BCUT2D eigenvalue weighted by Crippen LogP contribution is 2.31. The zero-order valence-corrected chi connectivity index (χ0v) is 13.4. The van der Waals surface area contributed by atoms with Crippen LogP contribution in [-0.2, 0) is 6.54 Å². The molecule has 4 nitrogen and oxygen atoms in total. The smallest absolute Gasteiger partial charge is 0.165 e. The van der Waals surface area contributed by atoms with Crippen LogP contribution in [0.1, 0.15) is 19.4 Å². The average molecular weight is 280 g/mol. The van der Waals surface area contributed by atoms with E-state index in [2.05, 4.69) is 37.2 Å². The Morgan fingerprint density at radius 1 is 1.20 bits per heavy atom. The molecule has 4 heteroatoms. The van der Waals surface area contributed by atoms with E-state index in [-0.39, 0.29) is 0 Å². The zero-order chi connectivity index (χ0) is 15.0. The predicted octanol–water partition coefficient (Wildman–Crippen LogP) is 2.38. The first-order chi connectivity index (χ1) is 9.58. The van der Waals surface area contributed by atoms with Gasteiger partial charge in [0, 0.05) is 25.2 Å². The highest BCUT2D eigenvalue weighted by molar-refractivity contribution is 5.46. The van der Waals surface area contributed by atoms with Gasteiger partial charge >= 0.3 is 0 Å². The van der Waals surface area contributed by atoms with Gasteiger partial charge in [-0.2, -0.15) is 0 Å². The van der Waals surface area contributed by atoms with Crippen LogP contribution in [-0.4, -0.2) is 45.8 Å². The third-order valence-electron chi connectivity index (χ3n) is 3.15. The molecule has 0 aliphatic heterocycles. The Hall–Kier alpha value is -1.26. The summed E-state index contributed by atoms with van der Waals surface area (Å²) in [7, 11) is 5.47. The topological polar surface area (TPSA) is 33.7 Å². The first kappa shape index (κ1) is 16.8. The predicted molar refractivity (Wildman–Crippen MR) is 83.6 cm³/mol. The van der Waals surface area contributed by atoms with Crippen LogP contribution >= 0.6 is 0 Å². The van der Waals surface area contributed by atoms with Gasteiger partial charge in [-0.15, -0.1) is 0 Å². The van der Waals surface area contributed by atoms with Crippen LogP contribution in [0.2, 0.25) is 0 Å². The number of hydrogen-bond donors (Lipinski definition) is 1. The SMILES string of the molecule is COc1cccc(CN(C)CCNCC(C)C)c1OC. The second-order valence-corrected chi connectivity index (χ2v) is 5.49. The summed E-state index contributed by atoms with van der Waals surface area (Å²) in [5, 5.41) is 3.46. The molecule has 0 fully saturated rings. The maximum absolute atomic E-state index is 5.46. The first-order valence-electron chi connectivity index (χ1n) is 7.17. The molecule has 0 unspecified atom stereocenters. The third kappa shape index (κ3) is 5.39. The van der Waals surface area contributed by atoms with E-state index >= 15 is 0 Å². The summed E-state index contributed by atoms with van der Waals surface area (Å²) in [5.41, 5.74) is 1.15. The fourth-order valence-corrected chi connectivity index (χ4v) is 2.11. The van der Waals surface area contributed by atoms with Crippen LogP contribution in [0, 0.1) is 5.92 Å². The van der Waals surface area contributed by atoms with Crippen LogP contribution in [0.4, 0.5) is 0 Å². The summed E-state index contributed by atoms with van der Waals surface area (Å²) >= 11 is 0. The first-order valence-corrected chi connectivity index (χ1v) is 7.17. The minimum absolute atomic E-state index is 0.693. The summed E-state index contributed by atoms with van der Waals surface area (Å²) in [5.74, 6) is 2.31. The second kappa shape index (κ2) is 8.82. The van der Waals surface area contributed by atoms with Gasteiger partial charge in [-0.25, -0.2) is 0 Å². The minimum atomic E-state index is 0.693. The summed E-state index contributed by atoms with van der Waals surface area (Å²) in [6.07, 6.45) is 0. The molecule has 0 aliphatic rings. The van der Waals surface area contributed by atoms with E-state index in [9.17, 15) is 0 Å². The van der Waals surface area contributed by atoms with Gasteiger partial charge in [0.25, 0.3) is 0 Å². The third-order valence-corrected chi connectivity index (χ3v) is 3.15. The molecule has 20 heavy (non-hydrogen) atoms. The largest absolute Gasteiger partial charge is 0.493 e. The number of hydrogen-bond acceptors (Lipinski definition) is 4. The van der Waals surface area contributed by atoms with Crippen molar-refractivity contribution >= 4 is 0 Å². The fourth-order valence-electron chi connectivity index (χ4n) is 2.11. The lowest BCUT2D eigenvalue weighted by Crippen LogP contribution is -2.30. The molecule has 0 amide bonds. The molecule has 0 aliphatic carbocycles. The number of nitrogens with zero attached hydrogens (tertiary/aromatic N) is 1. The molecular formula is C16H28N2O2. The van der Waals surface area contributed by atoms with E-state index in [0.29, 0.717) is 5.92 Å². The molecule has 1 rings (SSSR count). The Morgan fingerprint density at radius 2 is 1.95 bits per heavy atom. The summed E-state index contributed by atoms with van der Waals surface area (Å²) < 4.78 is 10.8. The lowest BCUT2D eigenvalue weighted by Gasteiger charge is -2.20. The molecule has 1 N–H and O–H groups in total. The Morgan fingerprint density at radius 3 is 2.55 bits per heavy atom. The van der Waals surface area contributed by atoms with E-state index in [0.717, 1.165) is 43.2 Å². The van der Waals surface area contributed by atoms with Crippen molar-refractivity contribution in [2.24, 2.45) is 5.92 Å². The van der Waals surface area contributed by atoms with Crippen LogP contribution in [0.3, 0.4) is 0 Å². The van der Waals surface area contributed by atoms with Crippen molar-refractivity contribution in [3.8, 4) is 11.5 Å². The minimum Gasteiger partial charge on any atom is -0.493 e. The Labute approximate surface area is 123 Å². The summed E-state index contributed by atoms with van der Waals surface area (Å²) in [6.45, 7) is 8.36. The number of rotatable bonds is 9. The molecule has 0 saturated carbocycles. The van der Waals surface area contributed by atoms with Gasteiger partial charge in [0.1, 0.15) is 0 Å². The molecule has 0 saturated heterocycles. The number of para-hydroxylation sites is 1. The Bertz CT molecular complexity index is 394. The van der Waals surface area contributed by atoms with Crippen LogP contribution in [0.5, 0.6) is 11.5 Å². The average Bonchev–Trinajstić information content (AvgIpc) is 2.43. The highest BCUT2D eigenvalue weighted by atomic mass is 16.5. The van der Waals surface area contributed by atoms with Gasteiger partial charge in [0.05, 0.1) is 14.2 Å². The molecule has 0 bridgehead atoms. The fraction of sp³-hybridized carbons (Fsp3) is 0.625. The summed E-state index contributed by atoms with van der Waals surface area (Å²) in [4.78, 5) is 2.28. The highest BCUT2D eigenvalue weighted by Gasteiger charge is 2.11. The van der Waals surface area contributed by atoms with E-state index in [4.69, 9.17) is 9.47 Å². The van der Waals surface area contributed by atoms with Crippen molar-refractivity contribution < 1.29 is 9.47 Å². The van der Waals surface area contributed by atoms with E-state index in [1.165, 1.54) is 0 Å². The maximum atomic E-state index is 5.46. The molecular weight excluding hydrogens is 252 g/mol. The van der Waals surface area contributed by atoms with Gasteiger partial charge in [0.15, 0.2) is 11.5 Å². The van der Waals surface area contributed by atoms with Crippen LogP contribution in [0.15, 0.2) is 18.2 Å². The normalized spacial score (nSPS) is 11.2. The van der Waals surface area contributed by atoms with Gasteiger partial charge in [0.2, 0.25) is 0 Å². The van der Waals surface area contributed by atoms with E-state index in [1.807, 2.05) is 12.1 Å². The van der Waals surface area contributed by atoms with E-state index < -0.39 is 0 Å². The molecule has 114 valence electrons. The zero-order valence-electron chi connectivity index (χ0n) is 13.4. The van der Waals surface area contributed by atoms with Gasteiger partial charge in [-0.1, -0.05) is 26.0 Å². The number of benzene rings is 1. The number of likely N-dealkylation sites (N-methyl/N-ethyl adjacent to an activating group) is 1. The monoisotopic (exact) mass is 280 g/mol. The molecule has 1 aromatic rings. The number of methoxy groups -OCH3 is 2. The quantitative estimate of drug-likeness (QED) is 0.704. The maximum Gasteiger partial charge on any atom is 0.165 e. The lowest BCUT2D eigenvalue weighted by molar-refractivity contribution is 0.306. The molecule has 0 spiro atoms. The molecule has 0 aromatic heterocycles. The van der Waals surface area contributed by atoms with Gasteiger partial charge in [-0.3, -0.25) is 0 Å². The Kier molecular flexibility index (Phi) is 7.41. The number of nitrogens with one attached hydrogen (secondary N) is 1. The van der Waals surface area contributed by atoms with Crippen molar-refractivity contribution in [2.75, 3.05) is 40.9 Å². The van der Waals surface area contributed by atoms with Crippen LogP contribution < -0.4 is 14.8 Å².